The van der Waals surface area contributed by atoms with Crippen molar-refractivity contribution in [3.8, 4) is 0 Å². The number of fused-ring (bicyclic) bond motifs is 1. The topological polar surface area (TPSA) is 44.9 Å². The number of halogens is 2. The first-order chi connectivity index (χ1) is 10.5. The van der Waals surface area contributed by atoms with Crippen LogP contribution in [0.3, 0.4) is 0 Å². The van der Waals surface area contributed by atoms with Gasteiger partial charge < -0.3 is 10.3 Å². The minimum Gasteiger partial charge on any atom is -0.358 e. The Balaban J connectivity index is 1.91. The van der Waals surface area contributed by atoms with E-state index in [1.54, 1.807) is 6.07 Å². The highest BCUT2D eigenvalue weighted by molar-refractivity contribution is 6.31. The molecule has 3 aromatic rings. The fraction of sp³-hybridized carbons (Fsp3) is 0.118. The molecular formula is C17H14ClFN2O. The van der Waals surface area contributed by atoms with Gasteiger partial charge in [0.2, 0.25) is 0 Å². The Kier molecular flexibility index (Phi) is 3.62. The lowest BCUT2D eigenvalue weighted by atomic mass is 10.1. The quantitative estimate of drug-likeness (QED) is 0.699. The van der Waals surface area contributed by atoms with Gasteiger partial charge in [0.1, 0.15) is 5.82 Å². The van der Waals surface area contributed by atoms with Crippen LogP contribution >= 0.6 is 11.6 Å². The highest BCUT2D eigenvalue weighted by atomic mass is 35.5. The van der Waals surface area contributed by atoms with Gasteiger partial charge in [0.25, 0.3) is 5.91 Å². The number of aryl methyl sites for hydroxylation is 2. The van der Waals surface area contributed by atoms with Gasteiger partial charge in [0.05, 0.1) is 5.02 Å². The molecule has 0 saturated carbocycles. The van der Waals surface area contributed by atoms with Crippen molar-refractivity contribution in [3.63, 3.8) is 0 Å². The lowest BCUT2D eigenvalue weighted by Crippen LogP contribution is -2.11. The number of carbonyl (C=O) groups is 1. The molecular weight excluding hydrogens is 303 g/mol. The summed E-state index contributed by atoms with van der Waals surface area (Å²) in [6.07, 6.45) is 0. The fourth-order valence-electron chi connectivity index (χ4n) is 2.38. The molecule has 1 heterocycles. The van der Waals surface area contributed by atoms with Crippen molar-refractivity contribution in [2.24, 2.45) is 0 Å². The molecule has 0 bridgehead atoms. The summed E-state index contributed by atoms with van der Waals surface area (Å²) in [5, 5.41) is 3.71. The van der Waals surface area contributed by atoms with Crippen molar-refractivity contribution in [2.75, 3.05) is 5.32 Å². The standard InChI is InChI=1S/C17H14ClFN2O/c1-9-10(2)20-16-6-3-11(7-13(9)16)17(22)21-12-4-5-15(19)14(18)8-12/h3-8,20H,1-2H3,(H,21,22). The van der Waals surface area contributed by atoms with Gasteiger partial charge in [-0.25, -0.2) is 4.39 Å². The Labute approximate surface area is 132 Å². The fourth-order valence-corrected chi connectivity index (χ4v) is 2.56. The summed E-state index contributed by atoms with van der Waals surface area (Å²) in [4.78, 5) is 15.6. The first-order valence-corrected chi connectivity index (χ1v) is 7.19. The van der Waals surface area contributed by atoms with Crippen LogP contribution in [0.1, 0.15) is 21.6 Å². The number of aromatic amines is 1. The minimum absolute atomic E-state index is 0.0228. The molecule has 0 fully saturated rings. The van der Waals surface area contributed by atoms with Gasteiger partial charge in [-0.2, -0.15) is 0 Å². The van der Waals surface area contributed by atoms with Gasteiger partial charge in [0, 0.05) is 27.8 Å². The van der Waals surface area contributed by atoms with E-state index >= 15 is 0 Å². The van der Waals surface area contributed by atoms with Crippen LogP contribution in [0.15, 0.2) is 36.4 Å². The molecule has 0 spiro atoms. The summed E-state index contributed by atoms with van der Waals surface area (Å²) in [7, 11) is 0. The summed E-state index contributed by atoms with van der Waals surface area (Å²) in [6, 6.07) is 9.55. The second-order valence-electron chi connectivity index (χ2n) is 5.22. The molecule has 0 aliphatic rings. The van der Waals surface area contributed by atoms with E-state index in [1.807, 2.05) is 26.0 Å². The molecule has 0 unspecified atom stereocenters. The van der Waals surface area contributed by atoms with E-state index in [1.165, 1.54) is 18.2 Å². The van der Waals surface area contributed by atoms with Gasteiger partial charge in [-0.05, 0) is 55.8 Å². The molecule has 22 heavy (non-hydrogen) atoms. The SMILES string of the molecule is Cc1[nH]c2ccc(C(=O)Nc3ccc(F)c(Cl)c3)cc2c1C. The molecule has 2 aromatic carbocycles. The number of benzene rings is 2. The number of anilines is 1. The summed E-state index contributed by atoms with van der Waals surface area (Å²) < 4.78 is 13.1. The summed E-state index contributed by atoms with van der Waals surface area (Å²) in [6.45, 7) is 4.01. The first-order valence-electron chi connectivity index (χ1n) is 6.81. The van der Waals surface area contributed by atoms with E-state index in [-0.39, 0.29) is 10.9 Å². The van der Waals surface area contributed by atoms with Crippen LogP contribution in [-0.2, 0) is 0 Å². The van der Waals surface area contributed by atoms with Crippen molar-refractivity contribution in [1.82, 2.24) is 4.98 Å². The van der Waals surface area contributed by atoms with Crippen LogP contribution < -0.4 is 5.32 Å². The zero-order valence-corrected chi connectivity index (χ0v) is 12.9. The number of H-pyrrole nitrogens is 1. The molecule has 3 rings (SSSR count). The van der Waals surface area contributed by atoms with Crippen molar-refractivity contribution in [2.45, 2.75) is 13.8 Å². The maximum Gasteiger partial charge on any atom is 0.255 e. The van der Waals surface area contributed by atoms with E-state index in [9.17, 15) is 9.18 Å². The lowest BCUT2D eigenvalue weighted by molar-refractivity contribution is 0.102. The van der Waals surface area contributed by atoms with E-state index in [0.29, 0.717) is 11.3 Å². The molecule has 2 N–H and O–H groups in total. The lowest BCUT2D eigenvalue weighted by Gasteiger charge is -2.06. The first kappa shape index (κ1) is 14.6. The van der Waals surface area contributed by atoms with Gasteiger partial charge in [-0.3, -0.25) is 4.79 Å². The number of hydrogen-bond donors (Lipinski definition) is 2. The Hall–Kier alpha value is -2.33. The third kappa shape index (κ3) is 2.57. The molecule has 1 aromatic heterocycles. The summed E-state index contributed by atoms with van der Waals surface area (Å²) in [5.41, 5.74) is 4.19. The number of nitrogens with one attached hydrogen (secondary N) is 2. The number of hydrogen-bond acceptors (Lipinski definition) is 1. The van der Waals surface area contributed by atoms with Crippen LogP contribution in [0.5, 0.6) is 0 Å². The van der Waals surface area contributed by atoms with E-state index < -0.39 is 5.82 Å². The zero-order chi connectivity index (χ0) is 15.9. The maximum atomic E-state index is 13.1. The summed E-state index contributed by atoms with van der Waals surface area (Å²) >= 11 is 5.71. The van der Waals surface area contributed by atoms with Crippen LogP contribution in [0.2, 0.25) is 5.02 Å². The molecule has 0 saturated heterocycles. The summed E-state index contributed by atoms with van der Waals surface area (Å²) in [5.74, 6) is -0.776. The average molecular weight is 317 g/mol. The second kappa shape index (κ2) is 5.46. The molecule has 0 aliphatic heterocycles. The van der Waals surface area contributed by atoms with Crippen molar-refractivity contribution >= 4 is 34.1 Å². The van der Waals surface area contributed by atoms with Crippen LogP contribution in [0.4, 0.5) is 10.1 Å². The molecule has 0 atom stereocenters. The normalized spacial score (nSPS) is 10.9. The number of aromatic nitrogens is 1. The highest BCUT2D eigenvalue weighted by Crippen LogP contribution is 2.24. The number of amides is 1. The third-order valence-electron chi connectivity index (χ3n) is 3.75. The Bertz CT molecular complexity index is 886. The monoisotopic (exact) mass is 316 g/mol. The molecule has 1 amide bonds. The van der Waals surface area contributed by atoms with E-state index in [2.05, 4.69) is 10.3 Å². The van der Waals surface area contributed by atoms with Crippen LogP contribution in [-0.4, -0.2) is 10.9 Å². The van der Waals surface area contributed by atoms with Crippen molar-refractivity contribution < 1.29 is 9.18 Å². The van der Waals surface area contributed by atoms with Gasteiger partial charge in [-0.15, -0.1) is 0 Å². The van der Waals surface area contributed by atoms with Gasteiger partial charge in [0.15, 0.2) is 0 Å². The third-order valence-corrected chi connectivity index (χ3v) is 4.04. The van der Waals surface area contributed by atoms with Crippen molar-refractivity contribution in [3.05, 3.63) is 64.1 Å². The minimum atomic E-state index is -0.514. The zero-order valence-electron chi connectivity index (χ0n) is 12.1. The van der Waals surface area contributed by atoms with Crippen molar-refractivity contribution in [1.29, 1.82) is 0 Å². The smallest absolute Gasteiger partial charge is 0.255 e. The molecule has 0 aliphatic carbocycles. The number of carbonyl (C=O) groups excluding carboxylic acids is 1. The highest BCUT2D eigenvalue weighted by Gasteiger charge is 2.11. The van der Waals surface area contributed by atoms with E-state index in [0.717, 1.165) is 22.2 Å². The van der Waals surface area contributed by atoms with E-state index in [4.69, 9.17) is 11.6 Å². The maximum absolute atomic E-state index is 13.1. The second-order valence-corrected chi connectivity index (χ2v) is 5.63. The largest absolute Gasteiger partial charge is 0.358 e. The number of rotatable bonds is 2. The van der Waals surface area contributed by atoms with Gasteiger partial charge >= 0.3 is 0 Å². The Morgan fingerprint density at radius 1 is 1.18 bits per heavy atom. The van der Waals surface area contributed by atoms with Crippen LogP contribution in [0, 0.1) is 19.7 Å². The molecule has 5 heteroatoms. The Morgan fingerprint density at radius 2 is 1.95 bits per heavy atom. The molecule has 3 nitrogen and oxygen atoms in total. The Morgan fingerprint density at radius 3 is 2.68 bits per heavy atom. The molecule has 0 radical (unpaired) electrons. The van der Waals surface area contributed by atoms with Gasteiger partial charge in [-0.1, -0.05) is 11.6 Å². The van der Waals surface area contributed by atoms with Crippen LogP contribution in [0.25, 0.3) is 10.9 Å². The predicted molar refractivity (Wildman–Crippen MR) is 87.1 cm³/mol. The molecule has 112 valence electrons. The predicted octanol–water partition coefficient (Wildman–Crippen LogP) is 4.83. The average Bonchev–Trinajstić information content (AvgIpc) is 2.78.